The molecule has 1 amide bonds. The van der Waals surface area contributed by atoms with Crippen molar-refractivity contribution in [2.24, 2.45) is 0 Å². The van der Waals surface area contributed by atoms with Crippen LogP contribution in [-0.4, -0.2) is 12.5 Å². The molecule has 0 aliphatic carbocycles. The Morgan fingerprint density at radius 2 is 1.79 bits per heavy atom. The van der Waals surface area contributed by atoms with Crippen LogP contribution >= 0.6 is 0 Å². The predicted octanol–water partition coefficient (Wildman–Crippen LogP) is 3.24. The molecule has 2 aromatic carbocycles. The van der Waals surface area contributed by atoms with Crippen molar-refractivity contribution in [2.45, 2.75) is 13.8 Å². The van der Waals surface area contributed by atoms with E-state index in [0.29, 0.717) is 17.8 Å². The summed E-state index contributed by atoms with van der Waals surface area (Å²) >= 11 is 0. The van der Waals surface area contributed by atoms with Gasteiger partial charge in [0, 0.05) is 23.5 Å². The molecule has 2 rings (SSSR count). The zero-order valence-corrected chi connectivity index (χ0v) is 11.3. The van der Waals surface area contributed by atoms with E-state index < -0.39 is 0 Å². The molecule has 0 atom stereocenters. The van der Waals surface area contributed by atoms with Gasteiger partial charge in [-0.2, -0.15) is 0 Å². The second-order valence-corrected chi connectivity index (χ2v) is 4.40. The molecule has 0 spiro atoms. The Morgan fingerprint density at radius 3 is 2.42 bits per heavy atom. The summed E-state index contributed by atoms with van der Waals surface area (Å²) in [5.74, 6) is -0.0153. The van der Waals surface area contributed by atoms with Crippen molar-refractivity contribution in [1.29, 1.82) is 0 Å². The molecular formula is C16H18N2O. The summed E-state index contributed by atoms with van der Waals surface area (Å²) in [4.78, 5) is 14.4. The van der Waals surface area contributed by atoms with Gasteiger partial charge in [-0.1, -0.05) is 24.3 Å². The normalized spacial score (nSPS) is 10.2. The molecular weight excluding hydrogens is 236 g/mol. The van der Waals surface area contributed by atoms with E-state index in [1.807, 2.05) is 62.4 Å². The number of anilines is 2. The van der Waals surface area contributed by atoms with Crippen molar-refractivity contribution in [3.05, 3.63) is 59.7 Å². The van der Waals surface area contributed by atoms with Gasteiger partial charge < -0.3 is 10.6 Å². The molecule has 0 fully saturated rings. The van der Waals surface area contributed by atoms with Crippen molar-refractivity contribution >= 4 is 17.3 Å². The molecule has 3 nitrogen and oxygen atoms in total. The molecule has 0 heterocycles. The zero-order valence-electron chi connectivity index (χ0n) is 11.3. The number of carbonyl (C=O) groups is 1. The molecule has 0 saturated carbocycles. The summed E-state index contributed by atoms with van der Waals surface area (Å²) in [5.41, 5.74) is 8.91. The monoisotopic (exact) mass is 254 g/mol. The fourth-order valence-electron chi connectivity index (χ4n) is 2.08. The van der Waals surface area contributed by atoms with Crippen molar-refractivity contribution in [3.63, 3.8) is 0 Å². The summed E-state index contributed by atoms with van der Waals surface area (Å²) in [5, 5.41) is 0. The number of nitrogens with two attached hydrogens (primary N) is 1. The topological polar surface area (TPSA) is 46.3 Å². The van der Waals surface area contributed by atoms with E-state index >= 15 is 0 Å². The fraction of sp³-hybridized carbons (Fsp3) is 0.188. The van der Waals surface area contributed by atoms with Crippen LogP contribution in [0.15, 0.2) is 48.5 Å². The maximum absolute atomic E-state index is 12.6. The van der Waals surface area contributed by atoms with Gasteiger partial charge in [0.1, 0.15) is 0 Å². The highest BCUT2D eigenvalue weighted by Crippen LogP contribution is 2.21. The van der Waals surface area contributed by atoms with E-state index in [-0.39, 0.29) is 5.91 Å². The van der Waals surface area contributed by atoms with Crippen LogP contribution in [0.4, 0.5) is 11.4 Å². The number of carbonyl (C=O) groups excluding carboxylic acids is 1. The fourth-order valence-corrected chi connectivity index (χ4v) is 2.08. The van der Waals surface area contributed by atoms with Crippen LogP contribution in [0.5, 0.6) is 0 Å². The molecule has 0 bridgehead atoms. The summed E-state index contributed by atoms with van der Waals surface area (Å²) in [7, 11) is 0. The summed E-state index contributed by atoms with van der Waals surface area (Å²) in [6.07, 6.45) is 0. The van der Waals surface area contributed by atoms with E-state index in [4.69, 9.17) is 5.73 Å². The first kappa shape index (κ1) is 13.1. The third kappa shape index (κ3) is 2.60. The number of hydrogen-bond acceptors (Lipinski definition) is 2. The van der Waals surface area contributed by atoms with E-state index in [2.05, 4.69) is 0 Å². The maximum Gasteiger partial charge on any atom is 0.258 e. The average molecular weight is 254 g/mol. The van der Waals surface area contributed by atoms with Crippen LogP contribution in [0.25, 0.3) is 0 Å². The van der Waals surface area contributed by atoms with E-state index in [0.717, 1.165) is 11.3 Å². The Labute approximate surface area is 113 Å². The predicted molar refractivity (Wildman–Crippen MR) is 79.4 cm³/mol. The highest BCUT2D eigenvalue weighted by Gasteiger charge is 2.18. The Balaban J connectivity index is 2.39. The minimum Gasteiger partial charge on any atom is -0.398 e. The van der Waals surface area contributed by atoms with Crippen molar-refractivity contribution in [1.82, 2.24) is 0 Å². The van der Waals surface area contributed by atoms with Gasteiger partial charge in [0.15, 0.2) is 0 Å². The standard InChI is InChI=1S/C16H18N2O/c1-3-18(13-8-5-4-6-9-13)16(19)14-10-7-11-15(17)12(14)2/h4-11H,3,17H2,1-2H3. The van der Waals surface area contributed by atoms with Crippen LogP contribution in [0, 0.1) is 6.92 Å². The third-order valence-corrected chi connectivity index (χ3v) is 3.24. The van der Waals surface area contributed by atoms with E-state index in [1.54, 1.807) is 4.90 Å². The van der Waals surface area contributed by atoms with Crippen LogP contribution in [0.1, 0.15) is 22.8 Å². The number of nitrogens with zero attached hydrogens (tertiary/aromatic N) is 1. The van der Waals surface area contributed by atoms with Gasteiger partial charge in [0.05, 0.1) is 0 Å². The smallest absolute Gasteiger partial charge is 0.258 e. The number of rotatable bonds is 3. The minimum atomic E-state index is -0.0153. The van der Waals surface area contributed by atoms with Gasteiger partial charge >= 0.3 is 0 Å². The second-order valence-electron chi connectivity index (χ2n) is 4.40. The summed E-state index contributed by atoms with van der Waals surface area (Å²) in [6, 6.07) is 15.1. The maximum atomic E-state index is 12.6. The van der Waals surface area contributed by atoms with Crippen LogP contribution in [0.2, 0.25) is 0 Å². The molecule has 0 saturated heterocycles. The first-order valence-electron chi connectivity index (χ1n) is 6.37. The summed E-state index contributed by atoms with van der Waals surface area (Å²) < 4.78 is 0. The van der Waals surface area contributed by atoms with Gasteiger partial charge in [0.2, 0.25) is 0 Å². The van der Waals surface area contributed by atoms with E-state index in [1.165, 1.54) is 0 Å². The van der Waals surface area contributed by atoms with Crippen LogP contribution < -0.4 is 10.6 Å². The molecule has 2 aromatic rings. The average Bonchev–Trinajstić information content (AvgIpc) is 2.44. The zero-order chi connectivity index (χ0) is 13.8. The van der Waals surface area contributed by atoms with Crippen LogP contribution in [-0.2, 0) is 0 Å². The number of hydrogen-bond donors (Lipinski definition) is 1. The first-order chi connectivity index (χ1) is 9.15. The van der Waals surface area contributed by atoms with Crippen molar-refractivity contribution in [3.8, 4) is 0 Å². The molecule has 0 aliphatic heterocycles. The van der Waals surface area contributed by atoms with Gasteiger partial charge in [-0.25, -0.2) is 0 Å². The van der Waals surface area contributed by atoms with E-state index in [9.17, 15) is 4.79 Å². The molecule has 2 N–H and O–H groups in total. The molecule has 0 aliphatic rings. The number of amides is 1. The van der Waals surface area contributed by atoms with Gasteiger partial charge in [-0.3, -0.25) is 4.79 Å². The SMILES string of the molecule is CCN(C(=O)c1cccc(N)c1C)c1ccccc1. The lowest BCUT2D eigenvalue weighted by molar-refractivity contribution is 0.0988. The largest absolute Gasteiger partial charge is 0.398 e. The Hall–Kier alpha value is -2.29. The molecule has 0 unspecified atom stereocenters. The minimum absolute atomic E-state index is 0.0153. The third-order valence-electron chi connectivity index (χ3n) is 3.24. The quantitative estimate of drug-likeness (QED) is 0.855. The number of nitrogen functional groups attached to an aromatic ring is 1. The van der Waals surface area contributed by atoms with Gasteiger partial charge in [-0.15, -0.1) is 0 Å². The molecule has 3 heteroatoms. The second kappa shape index (κ2) is 5.57. The molecule has 0 aromatic heterocycles. The molecule has 19 heavy (non-hydrogen) atoms. The molecule has 0 radical (unpaired) electrons. The van der Waals surface area contributed by atoms with Crippen molar-refractivity contribution in [2.75, 3.05) is 17.2 Å². The summed E-state index contributed by atoms with van der Waals surface area (Å²) in [6.45, 7) is 4.46. The Kier molecular flexibility index (Phi) is 3.85. The Morgan fingerprint density at radius 1 is 1.11 bits per heavy atom. The molecule has 98 valence electrons. The highest BCUT2D eigenvalue weighted by atomic mass is 16.2. The Bertz CT molecular complexity index is 579. The number of benzene rings is 2. The van der Waals surface area contributed by atoms with Gasteiger partial charge in [0.25, 0.3) is 5.91 Å². The van der Waals surface area contributed by atoms with Crippen molar-refractivity contribution < 1.29 is 4.79 Å². The highest BCUT2D eigenvalue weighted by molar-refractivity contribution is 6.07. The lowest BCUT2D eigenvalue weighted by Gasteiger charge is -2.22. The lowest BCUT2D eigenvalue weighted by Crippen LogP contribution is -2.31. The lowest BCUT2D eigenvalue weighted by atomic mass is 10.1. The van der Waals surface area contributed by atoms with Crippen LogP contribution in [0.3, 0.4) is 0 Å². The first-order valence-corrected chi connectivity index (χ1v) is 6.37. The van der Waals surface area contributed by atoms with Gasteiger partial charge in [-0.05, 0) is 43.7 Å². The number of para-hydroxylation sites is 1.